The number of hydrogen-bond acceptors (Lipinski definition) is 1. The predicted molar refractivity (Wildman–Crippen MR) is 42.5 cm³/mol. The molecular weight excluding hydrogens is 132 g/mol. The molecule has 0 aromatic rings. The van der Waals surface area contributed by atoms with Crippen LogP contribution in [0, 0.1) is 0 Å². The van der Waals surface area contributed by atoms with Crippen LogP contribution in [0.4, 0.5) is 0 Å². The maximum atomic E-state index is 5.28. The van der Waals surface area contributed by atoms with Gasteiger partial charge in [-0.3, -0.25) is 0 Å². The molecule has 0 rings (SSSR count). The van der Waals surface area contributed by atoms with Gasteiger partial charge in [-0.1, -0.05) is 26.0 Å². The molecular formula is C7H15OS. The van der Waals surface area contributed by atoms with E-state index in [1.807, 2.05) is 13.8 Å². The minimum atomic E-state index is -0.366. The van der Waals surface area contributed by atoms with E-state index in [1.54, 1.807) is 0 Å². The Morgan fingerprint density at radius 2 is 2.00 bits per heavy atom. The second-order valence-corrected chi connectivity index (χ2v) is 3.59. The fourth-order valence-corrected chi connectivity index (χ4v) is 0.546. The predicted octanol–water partition coefficient (Wildman–Crippen LogP) is 2.74. The summed E-state index contributed by atoms with van der Waals surface area (Å²) in [5, 5.41) is 0. The first-order valence-corrected chi connectivity index (χ1v) is 3.81. The molecule has 0 fully saturated rings. The molecule has 0 amide bonds. The van der Waals surface area contributed by atoms with Crippen molar-refractivity contribution in [3.63, 3.8) is 0 Å². The van der Waals surface area contributed by atoms with E-state index in [4.69, 9.17) is 17.4 Å². The van der Waals surface area contributed by atoms with Gasteiger partial charge in [-0.2, -0.15) is 0 Å². The Hall–Kier alpha value is 0.310. The summed E-state index contributed by atoms with van der Waals surface area (Å²) in [4.78, 5) is -0.366. The Labute approximate surface area is 63.2 Å². The van der Waals surface area contributed by atoms with Crippen molar-refractivity contribution in [2.45, 2.75) is 38.5 Å². The van der Waals surface area contributed by atoms with Crippen LogP contribution in [0.5, 0.6) is 0 Å². The molecule has 55 valence electrons. The summed E-state index contributed by atoms with van der Waals surface area (Å²) < 4.78 is 5.28. The highest BCUT2D eigenvalue weighted by Gasteiger charge is 2.10. The van der Waals surface area contributed by atoms with Crippen LogP contribution in [0.1, 0.15) is 33.6 Å². The van der Waals surface area contributed by atoms with Crippen LogP contribution in [-0.2, 0) is 4.74 Å². The highest BCUT2D eigenvalue weighted by atomic mass is 32.1. The summed E-state index contributed by atoms with van der Waals surface area (Å²) in [7, 11) is 0. The minimum absolute atomic E-state index is 0.366. The molecule has 0 aromatic carbocycles. The van der Waals surface area contributed by atoms with Gasteiger partial charge in [-0.15, -0.1) is 0 Å². The zero-order chi connectivity index (χ0) is 7.33. The topological polar surface area (TPSA) is 9.23 Å². The summed E-state index contributed by atoms with van der Waals surface area (Å²) in [5.41, 5.74) is 0. The van der Waals surface area contributed by atoms with Crippen LogP contribution < -0.4 is 0 Å². The summed E-state index contributed by atoms with van der Waals surface area (Å²) in [5.74, 6) is 0. The molecule has 1 radical (unpaired) electrons. The average molecular weight is 147 g/mol. The molecule has 0 spiro atoms. The van der Waals surface area contributed by atoms with E-state index >= 15 is 0 Å². The standard InChI is InChI=1S/C7H15OS/c1-4-5-6-8-7(2,3)9/h4-6H2,1-3H3. The van der Waals surface area contributed by atoms with Crippen molar-refractivity contribution in [1.29, 1.82) is 0 Å². The molecule has 0 saturated carbocycles. The lowest BCUT2D eigenvalue weighted by Gasteiger charge is -2.16. The lowest BCUT2D eigenvalue weighted by atomic mass is 10.3. The normalized spacial score (nSPS) is 12.0. The number of hydrogen-bond donors (Lipinski definition) is 0. The van der Waals surface area contributed by atoms with Gasteiger partial charge in [0.25, 0.3) is 0 Å². The molecule has 0 saturated heterocycles. The van der Waals surface area contributed by atoms with Gasteiger partial charge in [0.05, 0.1) is 0 Å². The monoisotopic (exact) mass is 147 g/mol. The van der Waals surface area contributed by atoms with E-state index < -0.39 is 0 Å². The third-order valence-electron chi connectivity index (χ3n) is 0.948. The summed E-state index contributed by atoms with van der Waals surface area (Å²) in [6.07, 6.45) is 2.28. The van der Waals surface area contributed by atoms with E-state index in [1.165, 1.54) is 6.42 Å². The van der Waals surface area contributed by atoms with Crippen LogP contribution in [0.25, 0.3) is 0 Å². The van der Waals surface area contributed by atoms with Crippen LogP contribution in [0.3, 0.4) is 0 Å². The zero-order valence-electron chi connectivity index (χ0n) is 6.44. The Bertz CT molecular complexity index is 65.8. The maximum Gasteiger partial charge on any atom is 0.118 e. The summed E-state index contributed by atoms with van der Waals surface area (Å²) >= 11 is 4.98. The first kappa shape index (κ1) is 9.31. The fraction of sp³-hybridized carbons (Fsp3) is 1.00. The first-order chi connectivity index (χ1) is 4.06. The third kappa shape index (κ3) is 8.31. The molecule has 0 aliphatic heterocycles. The van der Waals surface area contributed by atoms with Crippen molar-refractivity contribution in [3.8, 4) is 0 Å². The van der Waals surface area contributed by atoms with Gasteiger partial charge in [0.1, 0.15) is 4.93 Å². The quantitative estimate of drug-likeness (QED) is 0.555. The average Bonchev–Trinajstić information content (AvgIpc) is 1.63. The van der Waals surface area contributed by atoms with Crippen molar-refractivity contribution in [2.75, 3.05) is 6.61 Å². The maximum absolute atomic E-state index is 5.28. The van der Waals surface area contributed by atoms with Crippen LogP contribution in [0.2, 0.25) is 0 Å². The molecule has 0 unspecified atom stereocenters. The Kier molecular flexibility index (Phi) is 4.32. The van der Waals surface area contributed by atoms with Gasteiger partial charge in [-0.25, -0.2) is 0 Å². The zero-order valence-corrected chi connectivity index (χ0v) is 7.25. The lowest BCUT2D eigenvalue weighted by molar-refractivity contribution is 0.0522. The van der Waals surface area contributed by atoms with E-state index in [9.17, 15) is 0 Å². The molecule has 2 heteroatoms. The van der Waals surface area contributed by atoms with Crippen molar-refractivity contribution in [2.24, 2.45) is 0 Å². The number of ether oxygens (including phenoxy) is 1. The van der Waals surface area contributed by atoms with E-state index in [0.29, 0.717) is 0 Å². The largest absolute Gasteiger partial charge is 0.364 e. The first-order valence-electron chi connectivity index (χ1n) is 3.40. The molecule has 0 heterocycles. The summed E-state index contributed by atoms with van der Waals surface area (Å²) in [6, 6.07) is 0. The highest BCUT2D eigenvalue weighted by molar-refractivity contribution is 7.81. The van der Waals surface area contributed by atoms with E-state index in [0.717, 1.165) is 13.0 Å². The molecule has 0 bridgehead atoms. The minimum Gasteiger partial charge on any atom is -0.364 e. The van der Waals surface area contributed by atoms with Crippen molar-refractivity contribution in [1.82, 2.24) is 0 Å². The third-order valence-corrected chi connectivity index (χ3v) is 1.07. The highest BCUT2D eigenvalue weighted by Crippen LogP contribution is 2.13. The Morgan fingerprint density at radius 1 is 1.44 bits per heavy atom. The van der Waals surface area contributed by atoms with Gasteiger partial charge >= 0.3 is 0 Å². The van der Waals surface area contributed by atoms with Gasteiger partial charge in [0.2, 0.25) is 0 Å². The van der Waals surface area contributed by atoms with Gasteiger partial charge in [0.15, 0.2) is 0 Å². The van der Waals surface area contributed by atoms with Crippen LogP contribution in [0.15, 0.2) is 0 Å². The van der Waals surface area contributed by atoms with Gasteiger partial charge < -0.3 is 4.74 Å². The number of rotatable bonds is 4. The smallest absolute Gasteiger partial charge is 0.118 e. The lowest BCUT2D eigenvalue weighted by Crippen LogP contribution is -2.16. The van der Waals surface area contributed by atoms with E-state index in [2.05, 4.69) is 6.92 Å². The Balaban J connectivity index is 3.07. The molecule has 0 atom stereocenters. The number of unbranched alkanes of at least 4 members (excludes halogenated alkanes) is 1. The van der Waals surface area contributed by atoms with E-state index in [-0.39, 0.29) is 4.93 Å². The Morgan fingerprint density at radius 3 is 2.33 bits per heavy atom. The van der Waals surface area contributed by atoms with Crippen LogP contribution in [-0.4, -0.2) is 11.5 Å². The van der Waals surface area contributed by atoms with Gasteiger partial charge in [-0.05, 0) is 20.3 Å². The molecule has 0 aromatic heterocycles. The second-order valence-electron chi connectivity index (χ2n) is 2.60. The molecule has 9 heavy (non-hydrogen) atoms. The van der Waals surface area contributed by atoms with Crippen molar-refractivity contribution in [3.05, 3.63) is 0 Å². The molecule has 1 nitrogen and oxygen atoms in total. The second kappa shape index (κ2) is 4.18. The van der Waals surface area contributed by atoms with Crippen molar-refractivity contribution < 1.29 is 4.74 Å². The molecule has 0 N–H and O–H groups in total. The molecule has 0 aliphatic carbocycles. The molecule has 0 aliphatic rings. The van der Waals surface area contributed by atoms with Crippen molar-refractivity contribution >= 4 is 12.6 Å². The fourth-order valence-electron chi connectivity index (χ4n) is 0.462. The summed E-state index contributed by atoms with van der Waals surface area (Å²) in [6.45, 7) is 6.74. The van der Waals surface area contributed by atoms with Crippen LogP contribution >= 0.6 is 12.6 Å². The SMILES string of the molecule is CCCCOC(C)(C)[S]. The van der Waals surface area contributed by atoms with Gasteiger partial charge in [0, 0.05) is 6.61 Å².